The number of benzene rings is 3. The van der Waals surface area contributed by atoms with Crippen LogP contribution in [0.1, 0.15) is 44.6 Å². The highest BCUT2D eigenvalue weighted by Gasteiger charge is 2.62. The van der Waals surface area contributed by atoms with Crippen LogP contribution in [0.2, 0.25) is 10.0 Å². The lowest BCUT2D eigenvalue weighted by Gasteiger charge is -2.29. The van der Waals surface area contributed by atoms with E-state index in [0.717, 1.165) is 17.7 Å². The average Bonchev–Trinajstić information content (AvgIpc) is 3.28. The molecule has 1 amide bonds. The van der Waals surface area contributed by atoms with Crippen LogP contribution in [0.25, 0.3) is 0 Å². The van der Waals surface area contributed by atoms with E-state index in [1.54, 1.807) is 19.9 Å². The summed E-state index contributed by atoms with van der Waals surface area (Å²) < 4.78 is 71.1. The number of carbonyl (C=O) groups excluding carboxylic acids is 1. The smallest absolute Gasteiger partial charge is 0.374 e. The zero-order valence-electron chi connectivity index (χ0n) is 20.0. The second-order valence-corrected chi connectivity index (χ2v) is 10.9. The third-order valence-electron chi connectivity index (χ3n) is 6.12. The number of alkyl halides is 3. The molecule has 1 aliphatic heterocycles. The zero-order valence-corrected chi connectivity index (χ0v) is 22.3. The van der Waals surface area contributed by atoms with Gasteiger partial charge in [-0.1, -0.05) is 40.5 Å². The summed E-state index contributed by atoms with van der Waals surface area (Å²) >= 11 is 11.9. The number of hydrogen-bond donors (Lipinski definition) is 1. The fourth-order valence-electron chi connectivity index (χ4n) is 4.07. The van der Waals surface area contributed by atoms with Crippen LogP contribution in [-0.4, -0.2) is 22.0 Å². The van der Waals surface area contributed by atoms with E-state index < -0.39 is 40.9 Å². The van der Waals surface area contributed by atoms with Gasteiger partial charge in [-0.3, -0.25) is 9.52 Å². The Bertz CT molecular complexity index is 1460. The first kappa shape index (κ1) is 28.1. The average molecular weight is 587 g/mol. The van der Waals surface area contributed by atoms with Crippen molar-refractivity contribution in [3.63, 3.8) is 0 Å². The Morgan fingerprint density at radius 2 is 1.74 bits per heavy atom. The number of rotatable bonds is 6. The van der Waals surface area contributed by atoms with Crippen molar-refractivity contribution in [2.45, 2.75) is 37.8 Å². The van der Waals surface area contributed by atoms with E-state index in [-0.39, 0.29) is 32.6 Å². The minimum atomic E-state index is -4.84. The van der Waals surface area contributed by atoms with E-state index in [1.165, 1.54) is 36.4 Å². The van der Waals surface area contributed by atoms with Crippen LogP contribution in [0, 0.1) is 19.7 Å². The van der Waals surface area contributed by atoms with E-state index in [2.05, 4.69) is 9.88 Å². The van der Waals surface area contributed by atoms with Crippen molar-refractivity contribution in [3.05, 3.63) is 104 Å². The second-order valence-electron chi connectivity index (χ2n) is 8.81. The van der Waals surface area contributed by atoms with Crippen molar-refractivity contribution >= 4 is 45.8 Å². The molecule has 5 nitrogen and oxygen atoms in total. The third kappa shape index (κ3) is 5.72. The molecule has 38 heavy (non-hydrogen) atoms. The maximum Gasteiger partial charge on any atom is 0.435 e. The zero-order chi connectivity index (χ0) is 27.8. The molecule has 4 rings (SSSR count). The number of carbonyl (C=O) groups is 1. The predicted molar refractivity (Wildman–Crippen MR) is 138 cm³/mol. The van der Waals surface area contributed by atoms with Crippen LogP contribution in [-0.2, 0) is 27.2 Å². The van der Waals surface area contributed by atoms with Crippen molar-refractivity contribution in [3.8, 4) is 0 Å². The first-order valence-electron chi connectivity index (χ1n) is 11.1. The Kier molecular flexibility index (Phi) is 7.88. The van der Waals surface area contributed by atoms with Gasteiger partial charge in [0.25, 0.3) is 11.5 Å². The summed E-state index contributed by atoms with van der Waals surface area (Å²) in [4.78, 5) is 17.7. The first-order valence-corrected chi connectivity index (χ1v) is 13.2. The van der Waals surface area contributed by atoms with E-state index >= 15 is 0 Å². The van der Waals surface area contributed by atoms with Crippen molar-refractivity contribution < 1.29 is 31.4 Å². The molecule has 1 heterocycles. The van der Waals surface area contributed by atoms with Crippen LogP contribution in [0.15, 0.2) is 59.8 Å². The highest BCUT2D eigenvalue weighted by atomic mass is 35.5. The highest BCUT2D eigenvalue weighted by Crippen LogP contribution is 2.49. The molecule has 0 bridgehead atoms. The topological polar surface area (TPSA) is 67.8 Å². The van der Waals surface area contributed by atoms with Crippen LogP contribution < -0.4 is 4.72 Å². The number of hydrogen-bond acceptors (Lipinski definition) is 4. The van der Waals surface area contributed by atoms with Crippen LogP contribution >= 0.6 is 23.2 Å². The molecule has 0 spiro atoms. The van der Waals surface area contributed by atoms with Crippen molar-refractivity contribution in [1.82, 2.24) is 4.72 Å². The van der Waals surface area contributed by atoms with Gasteiger partial charge in [-0.05, 0) is 78.6 Å². The van der Waals surface area contributed by atoms with Gasteiger partial charge in [-0.15, -0.1) is 0 Å². The maximum absolute atomic E-state index is 14.2. The molecule has 0 saturated heterocycles. The largest absolute Gasteiger partial charge is 0.435 e. The maximum atomic E-state index is 14.2. The van der Waals surface area contributed by atoms with Crippen LogP contribution in [0.4, 0.5) is 17.6 Å². The normalized spacial score (nSPS) is 18.1. The molecule has 0 saturated carbocycles. The lowest BCUT2D eigenvalue weighted by atomic mass is 9.86. The SMILES string of the molecule is Cc1ccc(F)cc1CS(=O)NC(=O)c1ccc(C2=NOC(c3cc(Cl)cc(Cl)c3)(C(F)(F)F)C2)cc1C. The molecule has 12 heteroatoms. The molecule has 0 fully saturated rings. The van der Waals surface area contributed by atoms with Gasteiger partial charge in [-0.2, -0.15) is 13.2 Å². The van der Waals surface area contributed by atoms with Crippen molar-refractivity contribution in [2.24, 2.45) is 5.16 Å². The molecular weight excluding hydrogens is 567 g/mol. The van der Waals surface area contributed by atoms with E-state index in [0.29, 0.717) is 16.7 Å². The predicted octanol–water partition coefficient (Wildman–Crippen LogP) is 6.93. The summed E-state index contributed by atoms with van der Waals surface area (Å²) in [5, 5.41) is 3.75. The monoisotopic (exact) mass is 586 g/mol. The third-order valence-corrected chi connectivity index (χ3v) is 7.55. The van der Waals surface area contributed by atoms with Crippen LogP contribution in [0.3, 0.4) is 0 Å². The molecule has 1 aliphatic rings. The fraction of sp³-hybridized carbons (Fsp3) is 0.231. The van der Waals surface area contributed by atoms with Gasteiger partial charge in [0.1, 0.15) is 16.8 Å². The molecule has 200 valence electrons. The molecule has 0 aliphatic carbocycles. The number of nitrogens with one attached hydrogen (secondary N) is 1. The van der Waals surface area contributed by atoms with Gasteiger partial charge in [0.15, 0.2) is 0 Å². The summed E-state index contributed by atoms with van der Waals surface area (Å²) in [6, 6.07) is 12.0. The van der Waals surface area contributed by atoms with Crippen LogP contribution in [0.5, 0.6) is 0 Å². The number of amides is 1. The van der Waals surface area contributed by atoms with Gasteiger partial charge >= 0.3 is 6.18 Å². The molecule has 0 aromatic heterocycles. The lowest BCUT2D eigenvalue weighted by Crippen LogP contribution is -2.42. The Balaban J connectivity index is 1.52. The molecule has 1 N–H and O–H groups in total. The second kappa shape index (κ2) is 10.7. The Hall–Kier alpha value is -2.95. The highest BCUT2D eigenvalue weighted by molar-refractivity contribution is 7.82. The minimum Gasteiger partial charge on any atom is -0.374 e. The summed E-state index contributed by atoms with van der Waals surface area (Å²) in [5.41, 5.74) is -0.947. The van der Waals surface area contributed by atoms with E-state index in [4.69, 9.17) is 28.0 Å². The van der Waals surface area contributed by atoms with E-state index in [9.17, 15) is 26.6 Å². The molecule has 3 aromatic carbocycles. The minimum absolute atomic E-state index is 0.0126. The number of aryl methyl sites for hydroxylation is 2. The van der Waals surface area contributed by atoms with E-state index in [1.807, 2.05) is 0 Å². The quantitative estimate of drug-likeness (QED) is 0.319. The van der Waals surface area contributed by atoms with Gasteiger partial charge in [0.05, 0.1) is 11.5 Å². The van der Waals surface area contributed by atoms with Crippen molar-refractivity contribution in [2.75, 3.05) is 0 Å². The first-order chi connectivity index (χ1) is 17.8. The molecule has 2 atom stereocenters. The Labute approximate surface area is 228 Å². The molecule has 3 aromatic rings. The van der Waals surface area contributed by atoms with Gasteiger partial charge in [0.2, 0.25) is 0 Å². The summed E-state index contributed by atoms with van der Waals surface area (Å²) in [6.07, 6.45) is -5.49. The summed E-state index contributed by atoms with van der Waals surface area (Å²) in [5.74, 6) is -1.22. The Morgan fingerprint density at radius 1 is 1.05 bits per heavy atom. The fourth-order valence-corrected chi connectivity index (χ4v) is 5.58. The van der Waals surface area contributed by atoms with Crippen molar-refractivity contribution in [1.29, 1.82) is 0 Å². The number of halogens is 6. The standard InChI is InChI=1S/C26H20Cl2F4N2O3S/c1-14-3-5-21(29)8-17(14)13-38(36)34-24(35)22-6-4-16(7-15(22)2)23-12-25(37-33-23,26(30,31)32)18-9-19(27)11-20(28)10-18/h3-11H,12-13H2,1-2H3,(H,34,35). The summed E-state index contributed by atoms with van der Waals surface area (Å²) in [7, 11) is -1.84. The van der Waals surface area contributed by atoms with Gasteiger partial charge in [0, 0.05) is 27.6 Å². The summed E-state index contributed by atoms with van der Waals surface area (Å²) in [6.45, 7) is 3.32. The number of nitrogens with zero attached hydrogens (tertiary/aromatic N) is 1. The van der Waals surface area contributed by atoms with Gasteiger partial charge < -0.3 is 4.84 Å². The Morgan fingerprint density at radius 3 is 2.37 bits per heavy atom. The lowest BCUT2D eigenvalue weighted by molar-refractivity contribution is -0.275. The molecular formula is C26H20Cl2F4N2O3S. The molecule has 0 radical (unpaired) electrons. The molecule has 2 unspecified atom stereocenters. The van der Waals surface area contributed by atoms with Gasteiger partial charge in [-0.25, -0.2) is 8.60 Å². The number of oxime groups is 1.